The third-order valence-electron chi connectivity index (χ3n) is 4.27. The number of hydrogen-bond acceptors (Lipinski definition) is 4. The molecule has 4 aromatic rings. The minimum absolute atomic E-state index is 0.290. The van der Waals surface area contributed by atoms with Gasteiger partial charge in [-0.05, 0) is 43.2 Å². The molecule has 0 fully saturated rings. The Labute approximate surface area is 181 Å². The quantitative estimate of drug-likeness (QED) is 0.390. The number of aryl methyl sites for hydroxylation is 2. The van der Waals surface area contributed by atoms with Crippen LogP contribution < -0.4 is 5.32 Å². The summed E-state index contributed by atoms with van der Waals surface area (Å²) in [7, 11) is 0. The Balaban J connectivity index is 1.64. The molecule has 0 unspecified atom stereocenters. The number of rotatable bonds is 4. The molecule has 5 nitrogen and oxygen atoms in total. The molecule has 1 N–H and O–H groups in total. The lowest BCUT2D eigenvalue weighted by molar-refractivity contribution is -0.111. The molecule has 2 aromatic carbocycles. The molecule has 2 heterocycles. The van der Waals surface area contributed by atoms with Crippen LogP contribution in [0.5, 0.6) is 0 Å². The summed E-state index contributed by atoms with van der Waals surface area (Å²) in [6.07, 6.45) is 3.11. The molecule has 0 aliphatic carbocycles. The van der Waals surface area contributed by atoms with Gasteiger partial charge in [-0.2, -0.15) is 9.78 Å². The molecular weight excluding hydrogens is 427 g/mol. The van der Waals surface area contributed by atoms with Crippen LogP contribution in [0.25, 0.3) is 21.4 Å². The Morgan fingerprint density at radius 2 is 1.93 bits per heavy atom. The first-order chi connectivity index (χ1) is 13.9. The molecule has 0 atom stereocenters. The maximum absolute atomic E-state index is 12.5. The van der Waals surface area contributed by atoms with Crippen molar-refractivity contribution in [2.75, 3.05) is 5.32 Å². The molecular formula is C21H16Cl2N4OS. The first kappa shape index (κ1) is 19.6. The van der Waals surface area contributed by atoms with Gasteiger partial charge in [0.2, 0.25) is 11.0 Å². The Bertz CT molecular complexity index is 1220. The molecule has 0 spiro atoms. The van der Waals surface area contributed by atoms with Crippen LogP contribution in [0.15, 0.2) is 48.5 Å². The molecule has 2 aromatic heterocycles. The van der Waals surface area contributed by atoms with Gasteiger partial charge in [0.15, 0.2) is 0 Å². The molecule has 29 heavy (non-hydrogen) atoms. The van der Waals surface area contributed by atoms with Crippen LogP contribution in [-0.2, 0) is 4.79 Å². The van der Waals surface area contributed by atoms with E-state index >= 15 is 0 Å². The van der Waals surface area contributed by atoms with Gasteiger partial charge in [-0.25, -0.2) is 4.98 Å². The number of anilines is 1. The minimum atomic E-state index is -0.290. The number of amides is 1. The van der Waals surface area contributed by atoms with Crippen molar-refractivity contribution in [2.24, 2.45) is 0 Å². The van der Waals surface area contributed by atoms with Gasteiger partial charge in [0, 0.05) is 17.2 Å². The zero-order valence-corrected chi connectivity index (χ0v) is 17.9. The van der Waals surface area contributed by atoms with E-state index in [1.54, 1.807) is 22.9 Å². The van der Waals surface area contributed by atoms with Gasteiger partial charge in [-0.15, -0.1) is 0 Å². The standard InChI is InChI=1S/C21H16Cl2N4OS/c1-12-7-9-16(23)20-19(12)25-21(29-20)27-17(11-13(2)26-27)24-18(28)10-8-14-5-3-4-6-15(14)22/h3-11H,1-2H3,(H,24,28)/b10-8+. The third-order valence-corrected chi connectivity index (χ3v) is 6.10. The maximum Gasteiger partial charge on any atom is 0.249 e. The van der Waals surface area contributed by atoms with Crippen molar-refractivity contribution < 1.29 is 4.79 Å². The van der Waals surface area contributed by atoms with Gasteiger partial charge in [0.25, 0.3) is 0 Å². The van der Waals surface area contributed by atoms with Gasteiger partial charge >= 0.3 is 0 Å². The van der Waals surface area contributed by atoms with Crippen molar-refractivity contribution >= 4 is 62.6 Å². The van der Waals surface area contributed by atoms with Crippen molar-refractivity contribution in [1.82, 2.24) is 14.8 Å². The summed E-state index contributed by atoms with van der Waals surface area (Å²) in [5.74, 6) is 0.241. The summed E-state index contributed by atoms with van der Waals surface area (Å²) in [6.45, 7) is 3.84. The molecule has 0 bridgehead atoms. The first-order valence-electron chi connectivity index (χ1n) is 8.78. The van der Waals surface area contributed by atoms with Crippen LogP contribution in [0.2, 0.25) is 10.0 Å². The summed E-state index contributed by atoms with van der Waals surface area (Å²) < 4.78 is 2.52. The SMILES string of the molecule is Cc1cc(NC(=O)/C=C/c2ccccc2Cl)n(-c2nc3c(C)ccc(Cl)c3s2)n1. The fraction of sp³-hybridized carbons (Fsp3) is 0.0952. The average Bonchev–Trinajstić information content (AvgIpc) is 3.28. The van der Waals surface area contributed by atoms with Crippen LogP contribution in [0.3, 0.4) is 0 Å². The van der Waals surface area contributed by atoms with E-state index < -0.39 is 0 Å². The van der Waals surface area contributed by atoms with E-state index in [1.165, 1.54) is 17.4 Å². The van der Waals surface area contributed by atoms with E-state index in [-0.39, 0.29) is 5.91 Å². The zero-order chi connectivity index (χ0) is 20.5. The van der Waals surface area contributed by atoms with Gasteiger partial charge in [0.05, 0.1) is 20.9 Å². The Hall–Kier alpha value is -2.67. The predicted molar refractivity (Wildman–Crippen MR) is 120 cm³/mol. The molecule has 8 heteroatoms. The summed E-state index contributed by atoms with van der Waals surface area (Å²) in [6, 6.07) is 12.9. The molecule has 0 aliphatic heterocycles. The van der Waals surface area contributed by atoms with E-state index in [0.717, 1.165) is 27.0 Å². The number of nitrogens with one attached hydrogen (secondary N) is 1. The van der Waals surface area contributed by atoms with Gasteiger partial charge < -0.3 is 5.32 Å². The van der Waals surface area contributed by atoms with Crippen LogP contribution in [0.4, 0.5) is 5.82 Å². The number of halogens is 2. The highest BCUT2D eigenvalue weighted by molar-refractivity contribution is 7.21. The van der Waals surface area contributed by atoms with E-state index in [1.807, 2.05) is 44.2 Å². The third kappa shape index (κ3) is 4.05. The lowest BCUT2D eigenvalue weighted by atomic mass is 10.2. The van der Waals surface area contributed by atoms with Gasteiger partial charge in [-0.3, -0.25) is 4.79 Å². The fourth-order valence-electron chi connectivity index (χ4n) is 2.86. The molecule has 0 saturated heterocycles. The number of hydrogen-bond donors (Lipinski definition) is 1. The normalized spacial score (nSPS) is 11.4. The number of benzene rings is 2. The molecule has 1 amide bonds. The largest absolute Gasteiger partial charge is 0.307 e. The van der Waals surface area contributed by atoms with Crippen molar-refractivity contribution in [1.29, 1.82) is 0 Å². The van der Waals surface area contributed by atoms with Crippen LogP contribution in [-0.4, -0.2) is 20.7 Å². The topological polar surface area (TPSA) is 59.8 Å². The Morgan fingerprint density at radius 3 is 2.69 bits per heavy atom. The molecule has 146 valence electrons. The Morgan fingerprint density at radius 1 is 1.14 bits per heavy atom. The molecule has 4 rings (SSSR count). The first-order valence-corrected chi connectivity index (χ1v) is 10.4. The van der Waals surface area contributed by atoms with Gasteiger partial charge in [0.1, 0.15) is 5.82 Å². The van der Waals surface area contributed by atoms with Crippen molar-refractivity contribution in [3.63, 3.8) is 0 Å². The Kier molecular flexibility index (Phi) is 5.41. The van der Waals surface area contributed by atoms with Crippen LogP contribution >= 0.6 is 34.5 Å². The van der Waals surface area contributed by atoms with E-state index in [9.17, 15) is 4.79 Å². The predicted octanol–water partition coefficient (Wildman–Crippen LogP) is 6.06. The molecule has 0 radical (unpaired) electrons. The molecule has 0 aliphatic rings. The van der Waals surface area contributed by atoms with E-state index in [2.05, 4.69) is 15.4 Å². The van der Waals surface area contributed by atoms with Crippen molar-refractivity contribution in [3.8, 4) is 5.13 Å². The zero-order valence-electron chi connectivity index (χ0n) is 15.6. The highest BCUT2D eigenvalue weighted by atomic mass is 35.5. The summed E-state index contributed by atoms with van der Waals surface area (Å²) >= 11 is 13.9. The number of fused-ring (bicyclic) bond motifs is 1. The second kappa shape index (κ2) is 7.99. The van der Waals surface area contributed by atoms with Crippen molar-refractivity contribution in [2.45, 2.75) is 13.8 Å². The maximum atomic E-state index is 12.5. The lowest BCUT2D eigenvalue weighted by Gasteiger charge is -2.04. The number of carbonyl (C=O) groups excluding carboxylic acids is 1. The van der Waals surface area contributed by atoms with E-state index in [4.69, 9.17) is 23.2 Å². The van der Waals surface area contributed by atoms with Gasteiger partial charge in [-0.1, -0.05) is 58.8 Å². The highest BCUT2D eigenvalue weighted by Gasteiger charge is 2.16. The number of carbonyl (C=O) groups is 1. The summed E-state index contributed by atoms with van der Waals surface area (Å²) in [4.78, 5) is 17.1. The summed E-state index contributed by atoms with van der Waals surface area (Å²) in [5.41, 5.74) is 3.40. The molecule has 0 saturated carbocycles. The minimum Gasteiger partial charge on any atom is -0.307 e. The van der Waals surface area contributed by atoms with Crippen LogP contribution in [0, 0.1) is 13.8 Å². The average molecular weight is 443 g/mol. The monoisotopic (exact) mass is 442 g/mol. The number of aromatic nitrogens is 3. The second-order valence-corrected chi connectivity index (χ2v) is 8.26. The highest BCUT2D eigenvalue weighted by Crippen LogP contribution is 2.34. The lowest BCUT2D eigenvalue weighted by Crippen LogP contribution is -2.12. The fourth-order valence-corrected chi connectivity index (χ4v) is 4.34. The van der Waals surface area contributed by atoms with Crippen LogP contribution in [0.1, 0.15) is 16.8 Å². The van der Waals surface area contributed by atoms with E-state index in [0.29, 0.717) is 21.0 Å². The number of nitrogens with zero attached hydrogens (tertiary/aromatic N) is 3. The van der Waals surface area contributed by atoms with Crippen molar-refractivity contribution in [3.05, 3.63) is 75.4 Å². The second-order valence-electron chi connectivity index (χ2n) is 6.47. The summed E-state index contributed by atoms with van der Waals surface area (Å²) in [5, 5.41) is 9.20. The smallest absolute Gasteiger partial charge is 0.249 e. The number of thiazole rings is 1.